The highest BCUT2D eigenvalue weighted by molar-refractivity contribution is 6.35. The van der Waals surface area contributed by atoms with Crippen LogP contribution in [0.15, 0.2) is 28.7 Å². The fourth-order valence-electron chi connectivity index (χ4n) is 1.29. The minimum absolute atomic E-state index is 0.144. The largest absolute Gasteiger partial charge is 0.475 e. The minimum Gasteiger partial charge on any atom is -0.475 e. The second-order valence-electron chi connectivity index (χ2n) is 3.35. The lowest BCUT2D eigenvalue weighted by Gasteiger charge is -2.05. The summed E-state index contributed by atoms with van der Waals surface area (Å²) in [7, 11) is 0. The Hall–Kier alpha value is -1.72. The molecule has 2 aromatic rings. The van der Waals surface area contributed by atoms with E-state index in [-0.39, 0.29) is 21.7 Å². The van der Waals surface area contributed by atoms with E-state index in [1.165, 1.54) is 24.3 Å². The molecule has 0 amide bonds. The average Bonchev–Trinajstić information content (AvgIpc) is 2.74. The molecular formula is C11H6Cl2FNO3. The molecule has 0 saturated carbocycles. The van der Waals surface area contributed by atoms with Gasteiger partial charge in [0.1, 0.15) is 0 Å². The molecule has 0 aliphatic carbocycles. The zero-order chi connectivity index (χ0) is 13.3. The number of halogens is 3. The van der Waals surface area contributed by atoms with Crippen LogP contribution in [0.4, 0.5) is 16.0 Å². The van der Waals surface area contributed by atoms with E-state index >= 15 is 0 Å². The van der Waals surface area contributed by atoms with E-state index in [4.69, 9.17) is 32.7 Å². The zero-order valence-corrected chi connectivity index (χ0v) is 10.2. The van der Waals surface area contributed by atoms with Crippen molar-refractivity contribution in [3.8, 4) is 0 Å². The highest BCUT2D eigenvalue weighted by Crippen LogP contribution is 2.29. The van der Waals surface area contributed by atoms with Crippen LogP contribution in [0.3, 0.4) is 0 Å². The van der Waals surface area contributed by atoms with E-state index < -0.39 is 11.8 Å². The van der Waals surface area contributed by atoms with Crippen molar-refractivity contribution < 1.29 is 18.7 Å². The fourth-order valence-corrected chi connectivity index (χ4v) is 1.78. The molecule has 4 nitrogen and oxygen atoms in total. The average molecular weight is 290 g/mol. The van der Waals surface area contributed by atoms with Crippen LogP contribution in [0.2, 0.25) is 10.0 Å². The van der Waals surface area contributed by atoms with E-state index in [1.807, 2.05) is 0 Å². The van der Waals surface area contributed by atoms with Crippen LogP contribution in [-0.4, -0.2) is 11.1 Å². The van der Waals surface area contributed by atoms with E-state index in [0.29, 0.717) is 5.69 Å². The number of nitrogens with one attached hydrogen (secondary N) is 1. The molecule has 1 aromatic carbocycles. The van der Waals surface area contributed by atoms with Gasteiger partial charge in [-0.2, -0.15) is 0 Å². The Morgan fingerprint density at radius 2 is 1.89 bits per heavy atom. The van der Waals surface area contributed by atoms with Crippen LogP contribution in [0.5, 0.6) is 0 Å². The molecule has 2 rings (SSSR count). The molecule has 7 heteroatoms. The molecular weight excluding hydrogens is 284 g/mol. The third-order valence-electron chi connectivity index (χ3n) is 2.07. The van der Waals surface area contributed by atoms with Gasteiger partial charge in [0.2, 0.25) is 5.76 Å². The first-order valence-corrected chi connectivity index (χ1v) is 5.47. The standard InChI is InChI=1S/C11H6Cl2FNO3/c12-6-3-5(4-7(13)10(6)14)15-9-2-1-8(18-9)11(16)17/h1-4,15H,(H,16,17). The second-order valence-corrected chi connectivity index (χ2v) is 4.16. The normalized spacial score (nSPS) is 10.4. The summed E-state index contributed by atoms with van der Waals surface area (Å²) in [6.07, 6.45) is 0. The number of aromatic carboxylic acids is 1. The Balaban J connectivity index is 2.25. The summed E-state index contributed by atoms with van der Waals surface area (Å²) in [5.41, 5.74) is 0.387. The van der Waals surface area contributed by atoms with Crippen LogP contribution < -0.4 is 5.32 Å². The highest BCUT2D eigenvalue weighted by atomic mass is 35.5. The molecule has 94 valence electrons. The Morgan fingerprint density at radius 1 is 1.28 bits per heavy atom. The fraction of sp³-hybridized carbons (Fsp3) is 0. The third kappa shape index (κ3) is 2.57. The summed E-state index contributed by atoms with van der Waals surface area (Å²) in [5, 5.41) is 11.1. The van der Waals surface area contributed by atoms with Crippen LogP contribution >= 0.6 is 23.2 Å². The van der Waals surface area contributed by atoms with Gasteiger partial charge < -0.3 is 14.8 Å². The van der Waals surface area contributed by atoms with Crippen molar-refractivity contribution in [3.63, 3.8) is 0 Å². The second kappa shape index (κ2) is 4.88. The monoisotopic (exact) mass is 289 g/mol. The molecule has 0 radical (unpaired) electrons. The van der Waals surface area contributed by atoms with Gasteiger partial charge in [-0.25, -0.2) is 9.18 Å². The molecule has 1 aromatic heterocycles. The number of carboxylic acid groups (broad SMARTS) is 1. The maximum Gasteiger partial charge on any atom is 0.371 e. The molecule has 0 saturated heterocycles. The summed E-state index contributed by atoms with van der Waals surface area (Å²) in [4.78, 5) is 10.6. The number of carbonyl (C=O) groups is 1. The number of rotatable bonds is 3. The lowest BCUT2D eigenvalue weighted by atomic mass is 10.3. The van der Waals surface area contributed by atoms with E-state index in [2.05, 4.69) is 5.32 Å². The predicted octanol–water partition coefficient (Wildman–Crippen LogP) is 4.17. The number of carboxylic acids is 1. The van der Waals surface area contributed by atoms with Crippen molar-refractivity contribution in [2.24, 2.45) is 0 Å². The first-order chi connectivity index (χ1) is 8.47. The van der Waals surface area contributed by atoms with Gasteiger partial charge in [-0.05, 0) is 18.2 Å². The Labute approximate surface area is 111 Å². The first-order valence-electron chi connectivity index (χ1n) is 4.72. The maximum absolute atomic E-state index is 13.2. The maximum atomic E-state index is 13.2. The number of hydrogen-bond donors (Lipinski definition) is 2. The zero-order valence-electron chi connectivity index (χ0n) is 8.71. The number of benzene rings is 1. The summed E-state index contributed by atoms with van der Waals surface area (Å²) in [6.45, 7) is 0. The van der Waals surface area contributed by atoms with Crippen LogP contribution in [0.25, 0.3) is 0 Å². The van der Waals surface area contributed by atoms with Gasteiger partial charge in [-0.3, -0.25) is 0 Å². The van der Waals surface area contributed by atoms with Crippen molar-refractivity contribution in [2.75, 3.05) is 5.32 Å². The van der Waals surface area contributed by atoms with Crippen molar-refractivity contribution in [3.05, 3.63) is 45.9 Å². The van der Waals surface area contributed by atoms with Crippen LogP contribution in [0.1, 0.15) is 10.6 Å². The smallest absolute Gasteiger partial charge is 0.371 e. The van der Waals surface area contributed by atoms with Gasteiger partial charge in [-0.1, -0.05) is 23.2 Å². The predicted molar refractivity (Wildman–Crippen MR) is 65.4 cm³/mol. The van der Waals surface area contributed by atoms with E-state index in [1.54, 1.807) is 0 Å². The summed E-state index contributed by atoms with van der Waals surface area (Å²) >= 11 is 11.2. The van der Waals surface area contributed by atoms with E-state index in [0.717, 1.165) is 0 Å². The molecule has 0 fully saturated rings. The van der Waals surface area contributed by atoms with Gasteiger partial charge in [0.15, 0.2) is 11.7 Å². The molecule has 0 atom stereocenters. The van der Waals surface area contributed by atoms with Crippen LogP contribution in [-0.2, 0) is 0 Å². The van der Waals surface area contributed by atoms with Gasteiger partial charge in [0, 0.05) is 11.8 Å². The summed E-state index contributed by atoms with van der Waals surface area (Å²) in [6, 6.07) is 5.34. The van der Waals surface area contributed by atoms with Crippen molar-refractivity contribution in [2.45, 2.75) is 0 Å². The van der Waals surface area contributed by atoms with Crippen LogP contribution in [0, 0.1) is 5.82 Å². The Bertz CT molecular complexity index is 589. The van der Waals surface area contributed by atoms with E-state index in [9.17, 15) is 9.18 Å². The number of anilines is 2. The molecule has 0 aliphatic rings. The van der Waals surface area contributed by atoms with Crippen molar-refractivity contribution >= 4 is 40.7 Å². The van der Waals surface area contributed by atoms with Gasteiger partial charge in [0.25, 0.3) is 0 Å². The molecule has 1 heterocycles. The molecule has 0 bridgehead atoms. The Kier molecular flexibility index (Phi) is 3.45. The topological polar surface area (TPSA) is 62.5 Å². The highest BCUT2D eigenvalue weighted by Gasteiger charge is 2.11. The lowest BCUT2D eigenvalue weighted by molar-refractivity contribution is 0.0663. The van der Waals surface area contributed by atoms with Crippen molar-refractivity contribution in [1.82, 2.24) is 0 Å². The minimum atomic E-state index is -1.18. The summed E-state index contributed by atoms with van der Waals surface area (Å²) in [5.74, 6) is -1.92. The number of hydrogen-bond acceptors (Lipinski definition) is 3. The Morgan fingerprint density at radius 3 is 2.39 bits per heavy atom. The molecule has 2 N–H and O–H groups in total. The number of furan rings is 1. The van der Waals surface area contributed by atoms with Gasteiger partial charge in [-0.15, -0.1) is 0 Å². The van der Waals surface area contributed by atoms with Gasteiger partial charge >= 0.3 is 5.97 Å². The molecule has 0 aliphatic heterocycles. The van der Waals surface area contributed by atoms with Gasteiger partial charge in [0.05, 0.1) is 10.0 Å². The molecule has 0 unspecified atom stereocenters. The third-order valence-corrected chi connectivity index (χ3v) is 2.62. The van der Waals surface area contributed by atoms with Crippen molar-refractivity contribution in [1.29, 1.82) is 0 Å². The lowest BCUT2D eigenvalue weighted by Crippen LogP contribution is -1.93. The quantitative estimate of drug-likeness (QED) is 0.833. The molecule has 18 heavy (non-hydrogen) atoms. The SMILES string of the molecule is O=C(O)c1ccc(Nc2cc(Cl)c(F)c(Cl)c2)o1. The first kappa shape index (κ1) is 12.7. The summed E-state index contributed by atoms with van der Waals surface area (Å²) < 4.78 is 18.1. The molecule has 0 spiro atoms.